The van der Waals surface area contributed by atoms with Crippen LogP contribution in [-0.2, 0) is 6.42 Å². The van der Waals surface area contributed by atoms with E-state index in [0.717, 1.165) is 16.0 Å². The van der Waals surface area contributed by atoms with Crippen molar-refractivity contribution in [2.24, 2.45) is 4.99 Å². The van der Waals surface area contributed by atoms with Gasteiger partial charge in [0.15, 0.2) is 0 Å². The average molecular weight is 312 g/mol. The molecule has 22 heavy (non-hydrogen) atoms. The van der Waals surface area contributed by atoms with Gasteiger partial charge in [-0.25, -0.2) is 0 Å². The van der Waals surface area contributed by atoms with Crippen molar-refractivity contribution < 1.29 is 4.79 Å². The first kappa shape index (κ1) is 16.3. The minimum atomic E-state index is -0.229. The fraction of sp³-hybridized carbons (Fsp3) is 0.222. The van der Waals surface area contributed by atoms with Gasteiger partial charge in [-0.3, -0.25) is 4.79 Å². The minimum absolute atomic E-state index is 0.229. The first-order chi connectivity index (χ1) is 10.5. The molecule has 0 bridgehead atoms. The number of amides is 1. The van der Waals surface area contributed by atoms with Gasteiger partial charge in [0.2, 0.25) is 0 Å². The van der Waals surface area contributed by atoms with Crippen LogP contribution in [0.5, 0.6) is 0 Å². The average Bonchev–Trinajstić information content (AvgIpc) is 2.50. The third-order valence-corrected chi connectivity index (χ3v) is 3.93. The molecule has 0 fully saturated rings. The smallest absolute Gasteiger partial charge is 0.278 e. The molecule has 2 aromatic rings. The summed E-state index contributed by atoms with van der Waals surface area (Å²) in [4.78, 5) is 19.3. The molecule has 0 aliphatic heterocycles. The van der Waals surface area contributed by atoms with E-state index in [4.69, 9.17) is 0 Å². The fourth-order valence-electron chi connectivity index (χ4n) is 2.07. The number of carbonyl (C=O) groups excluding carboxylic acids is 1. The second-order valence-corrected chi connectivity index (χ2v) is 5.81. The summed E-state index contributed by atoms with van der Waals surface area (Å²) in [5.41, 5.74) is 2.67. The number of nitrogens with zero attached hydrogens (tertiary/aromatic N) is 2. The maximum absolute atomic E-state index is 12.5. The van der Waals surface area contributed by atoms with Crippen LogP contribution in [0, 0.1) is 0 Å². The van der Waals surface area contributed by atoms with Crippen LogP contribution in [0.2, 0.25) is 0 Å². The van der Waals surface area contributed by atoms with Crippen molar-refractivity contribution >= 4 is 24.4 Å². The summed E-state index contributed by atoms with van der Waals surface area (Å²) < 4.78 is 0. The van der Waals surface area contributed by atoms with Crippen LogP contribution in [0.3, 0.4) is 0 Å². The van der Waals surface area contributed by atoms with E-state index in [0.29, 0.717) is 17.8 Å². The number of hydrogen-bond donors (Lipinski definition) is 1. The van der Waals surface area contributed by atoms with E-state index in [-0.39, 0.29) is 5.91 Å². The Bertz CT molecular complexity index is 693. The van der Waals surface area contributed by atoms with Gasteiger partial charge in [-0.15, -0.1) is 12.6 Å². The zero-order valence-electron chi connectivity index (χ0n) is 13.1. The zero-order chi connectivity index (χ0) is 16.1. The third-order valence-electron chi connectivity index (χ3n) is 3.52. The Hall–Kier alpha value is -2.07. The third kappa shape index (κ3) is 3.98. The molecule has 0 spiro atoms. The number of thiol groups is 1. The normalized spacial score (nSPS) is 11.4. The summed E-state index contributed by atoms with van der Waals surface area (Å²) >= 11 is 4.51. The molecule has 2 rings (SSSR count). The van der Waals surface area contributed by atoms with Crippen LogP contribution >= 0.6 is 12.6 Å². The molecular formula is C18H20N2OS. The highest BCUT2D eigenvalue weighted by Gasteiger charge is 2.14. The minimum Gasteiger partial charge on any atom is -0.366 e. The lowest BCUT2D eigenvalue weighted by atomic mass is 9.99. The van der Waals surface area contributed by atoms with Crippen molar-refractivity contribution in [3.63, 3.8) is 0 Å². The summed E-state index contributed by atoms with van der Waals surface area (Å²) in [6, 6.07) is 15.6. The van der Waals surface area contributed by atoms with Crippen LogP contribution in [-0.4, -0.2) is 30.7 Å². The lowest BCUT2D eigenvalue weighted by Crippen LogP contribution is -2.20. The summed E-state index contributed by atoms with van der Waals surface area (Å²) in [5, 5.41) is 0. The Morgan fingerprint density at radius 1 is 1.09 bits per heavy atom. The molecule has 1 amide bonds. The maximum atomic E-state index is 12.5. The predicted molar refractivity (Wildman–Crippen MR) is 94.1 cm³/mol. The molecule has 0 heterocycles. The number of rotatable bonds is 3. The summed E-state index contributed by atoms with van der Waals surface area (Å²) in [6.07, 6.45) is 0.665. The molecule has 0 unspecified atom stereocenters. The number of amidine groups is 1. The van der Waals surface area contributed by atoms with Crippen LogP contribution in [0.4, 0.5) is 0 Å². The molecule has 4 heteroatoms. The van der Waals surface area contributed by atoms with Crippen LogP contribution in [0.15, 0.2) is 58.4 Å². The monoisotopic (exact) mass is 312 g/mol. The van der Waals surface area contributed by atoms with Crippen LogP contribution < -0.4 is 0 Å². The predicted octanol–water partition coefficient (Wildman–Crippen LogP) is 3.69. The summed E-state index contributed by atoms with van der Waals surface area (Å²) in [6.45, 7) is 1.82. The Morgan fingerprint density at radius 2 is 1.77 bits per heavy atom. The summed E-state index contributed by atoms with van der Waals surface area (Å²) in [7, 11) is 3.73. The Kier molecular flexibility index (Phi) is 5.39. The standard InChI is InChI=1S/C18H20N2OS/c1-13(20(2)3)19-18(21)15-10-7-11-17(22)16(15)12-14-8-5-4-6-9-14/h4-11,22H,12H2,1-3H3. The SMILES string of the molecule is CC(=NC(=O)c1cccc(S)c1Cc1ccccc1)N(C)C. The van der Waals surface area contributed by atoms with Crippen molar-refractivity contribution in [1.82, 2.24) is 4.90 Å². The fourth-order valence-corrected chi connectivity index (χ4v) is 2.35. The Balaban J connectivity index is 2.39. The van der Waals surface area contributed by atoms with Gasteiger partial charge in [0.1, 0.15) is 5.84 Å². The Morgan fingerprint density at radius 3 is 2.41 bits per heavy atom. The van der Waals surface area contributed by atoms with Gasteiger partial charge >= 0.3 is 0 Å². The molecule has 2 aromatic carbocycles. The maximum Gasteiger partial charge on any atom is 0.278 e. The second-order valence-electron chi connectivity index (χ2n) is 5.32. The van der Waals surface area contributed by atoms with E-state index in [1.165, 1.54) is 0 Å². The lowest BCUT2D eigenvalue weighted by molar-refractivity contribution is 0.100. The number of hydrogen-bond acceptors (Lipinski definition) is 2. The van der Waals surface area contributed by atoms with Gasteiger partial charge in [0, 0.05) is 24.6 Å². The van der Waals surface area contributed by atoms with Gasteiger partial charge in [-0.1, -0.05) is 36.4 Å². The molecule has 0 atom stereocenters. The van der Waals surface area contributed by atoms with E-state index in [1.54, 1.807) is 0 Å². The molecular weight excluding hydrogens is 292 g/mol. The molecule has 0 N–H and O–H groups in total. The second kappa shape index (κ2) is 7.27. The van der Waals surface area contributed by atoms with Gasteiger partial charge in [0.05, 0.1) is 0 Å². The van der Waals surface area contributed by atoms with Crippen molar-refractivity contribution in [3.8, 4) is 0 Å². The van der Waals surface area contributed by atoms with E-state index in [9.17, 15) is 4.79 Å². The number of benzene rings is 2. The molecule has 0 aromatic heterocycles. The first-order valence-corrected chi connectivity index (χ1v) is 7.55. The van der Waals surface area contributed by atoms with Gasteiger partial charge in [0.25, 0.3) is 5.91 Å². The highest BCUT2D eigenvalue weighted by atomic mass is 32.1. The number of carbonyl (C=O) groups is 1. The van der Waals surface area contributed by atoms with Crippen LogP contribution in [0.1, 0.15) is 28.4 Å². The molecule has 0 aliphatic rings. The highest BCUT2D eigenvalue weighted by Crippen LogP contribution is 2.23. The summed E-state index contributed by atoms with van der Waals surface area (Å²) in [5.74, 6) is 0.452. The molecule has 114 valence electrons. The largest absolute Gasteiger partial charge is 0.366 e. The Labute approximate surface area is 137 Å². The number of aliphatic imine (C=N–C) groups is 1. The van der Waals surface area contributed by atoms with Crippen molar-refractivity contribution in [3.05, 3.63) is 65.2 Å². The molecule has 0 aliphatic carbocycles. The van der Waals surface area contributed by atoms with Crippen molar-refractivity contribution in [2.45, 2.75) is 18.2 Å². The highest BCUT2D eigenvalue weighted by molar-refractivity contribution is 7.80. The van der Waals surface area contributed by atoms with Crippen molar-refractivity contribution in [2.75, 3.05) is 14.1 Å². The molecule has 0 saturated carbocycles. The topological polar surface area (TPSA) is 32.7 Å². The van der Waals surface area contributed by atoms with Gasteiger partial charge in [-0.2, -0.15) is 4.99 Å². The molecule has 3 nitrogen and oxygen atoms in total. The van der Waals surface area contributed by atoms with E-state index in [2.05, 4.69) is 17.6 Å². The zero-order valence-corrected chi connectivity index (χ0v) is 14.0. The van der Waals surface area contributed by atoms with E-state index in [1.807, 2.05) is 74.4 Å². The quantitative estimate of drug-likeness (QED) is 0.533. The van der Waals surface area contributed by atoms with Crippen molar-refractivity contribution in [1.29, 1.82) is 0 Å². The lowest BCUT2D eigenvalue weighted by Gasteiger charge is -2.13. The van der Waals surface area contributed by atoms with E-state index < -0.39 is 0 Å². The molecule has 0 saturated heterocycles. The van der Waals surface area contributed by atoms with Gasteiger partial charge < -0.3 is 4.90 Å². The molecule has 0 radical (unpaired) electrons. The van der Waals surface area contributed by atoms with Gasteiger partial charge in [-0.05, 0) is 36.6 Å². The first-order valence-electron chi connectivity index (χ1n) is 7.10. The van der Waals surface area contributed by atoms with E-state index >= 15 is 0 Å². The van der Waals surface area contributed by atoms with Crippen LogP contribution in [0.25, 0.3) is 0 Å².